The zero-order valence-electron chi connectivity index (χ0n) is 11.2. The fraction of sp³-hybridized carbons (Fsp3) is 0.333. The molecule has 0 atom stereocenters. The van der Waals surface area contributed by atoms with Gasteiger partial charge in [-0.1, -0.05) is 11.6 Å². The second-order valence-corrected chi connectivity index (χ2v) is 4.89. The third kappa shape index (κ3) is 3.38. The van der Waals surface area contributed by atoms with Crippen LogP contribution in [0.25, 0.3) is 0 Å². The van der Waals surface area contributed by atoms with E-state index in [-0.39, 0.29) is 15.4 Å². The van der Waals surface area contributed by atoms with Crippen molar-refractivity contribution in [1.82, 2.24) is 14.5 Å². The van der Waals surface area contributed by atoms with Crippen molar-refractivity contribution in [2.45, 2.75) is 26.6 Å². The summed E-state index contributed by atoms with van der Waals surface area (Å²) in [6.07, 6.45) is -3.45. The van der Waals surface area contributed by atoms with E-state index in [0.717, 1.165) is 17.6 Å². The van der Waals surface area contributed by atoms with Gasteiger partial charge in [0.2, 0.25) is 0 Å². The van der Waals surface area contributed by atoms with E-state index in [1.54, 1.807) is 4.68 Å². The lowest BCUT2D eigenvalue weighted by Gasteiger charge is -2.14. The van der Waals surface area contributed by atoms with Gasteiger partial charge in [-0.25, -0.2) is 4.68 Å². The number of hydrogen-bond donors (Lipinski definition) is 1. The number of halogens is 4. The Bertz CT molecular complexity index is 701. The van der Waals surface area contributed by atoms with Gasteiger partial charge in [0, 0.05) is 11.4 Å². The highest BCUT2D eigenvalue weighted by Gasteiger charge is 2.29. The Morgan fingerprint density at radius 3 is 2.38 bits per heavy atom. The molecule has 0 fully saturated rings. The minimum atomic E-state index is -4.54. The molecule has 9 heteroatoms. The van der Waals surface area contributed by atoms with Crippen LogP contribution in [0, 0.1) is 13.8 Å². The van der Waals surface area contributed by atoms with Gasteiger partial charge in [0.05, 0.1) is 11.9 Å². The van der Waals surface area contributed by atoms with E-state index in [4.69, 9.17) is 11.6 Å². The Balaban J connectivity index is 2.36. The predicted molar refractivity (Wildman–Crippen MR) is 72.5 cm³/mol. The van der Waals surface area contributed by atoms with Crippen LogP contribution in [0.3, 0.4) is 0 Å². The van der Waals surface area contributed by atoms with Crippen LogP contribution < -0.4 is 11.0 Å². The highest BCUT2D eigenvalue weighted by atomic mass is 35.5. The summed E-state index contributed by atoms with van der Waals surface area (Å²) in [7, 11) is 0. The number of hydrogen-bond acceptors (Lipinski definition) is 3. The fourth-order valence-corrected chi connectivity index (χ4v) is 1.98. The summed E-state index contributed by atoms with van der Waals surface area (Å²) in [6, 6.07) is 3.68. The number of aryl methyl sites for hydroxylation is 2. The maximum atomic E-state index is 12.3. The van der Waals surface area contributed by atoms with Crippen molar-refractivity contribution in [2.24, 2.45) is 0 Å². The molecule has 2 heterocycles. The lowest BCUT2D eigenvalue weighted by Crippen LogP contribution is -2.31. The summed E-state index contributed by atoms with van der Waals surface area (Å²) in [5.74, 6) is 0. The lowest BCUT2D eigenvalue weighted by atomic mass is 10.4. The van der Waals surface area contributed by atoms with E-state index in [2.05, 4.69) is 10.5 Å². The smallest absolute Gasteiger partial charge is 0.291 e. The molecule has 2 aromatic rings. The van der Waals surface area contributed by atoms with Crippen molar-refractivity contribution in [3.05, 3.63) is 45.1 Å². The van der Waals surface area contributed by atoms with E-state index < -0.39 is 18.3 Å². The Kier molecular flexibility index (Phi) is 3.99. The molecule has 0 radical (unpaired) electrons. The van der Waals surface area contributed by atoms with Crippen LogP contribution in [0.1, 0.15) is 11.4 Å². The van der Waals surface area contributed by atoms with Crippen LogP contribution in [0.4, 0.5) is 18.9 Å². The third-order valence-electron chi connectivity index (χ3n) is 2.82. The molecule has 0 saturated carbocycles. The normalized spacial score (nSPS) is 11.7. The van der Waals surface area contributed by atoms with Crippen LogP contribution in [0.5, 0.6) is 0 Å². The first kappa shape index (κ1) is 15.4. The molecule has 0 unspecified atom stereocenters. The van der Waals surface area contributed by atoms with Crippen LogP contribution in [0.15, 0.2) is 23.1 Å². The van der Waals surface area contributed by atoms with Gasteiger partial charge in [-0.15, -0.1) is 0 Å². The van der Waals surface area contributed by atoms with Crippen molar-refractivity contribution < 1.29 is 13.2 Å². The molecule has 114 valence electrons. The molecule has 0 aliphatic rings. The second-order valence-electron chi connectivity index (χ2n) is 4.51. The summed E-state index contributed by atoms with van der Waals surface area (Å²) in [5.41, 5.74) is 3.69. The van der Waals surface area contributed by atoms with Crippen molar-refractivity contribution in [2.75, 3.05) is 5.43 Å². The van der Waals surface area contributed by atoms with Gasteiger partial charge in [0.25, 0.3) is 5.56 Å². The molecular weight excluding hydrogens is 309 g/mol. The molecule has 5 nitrogen and oxygen atoms in total. The van der Waals surface area contributed by atoms with Gasteiger partial charge in [0.1, 0.15) is 11.6 Å². The summed E-state index contributed by atoms with van der Waals surface area (Å²) in [6.45, 7) is 2.17. The zero-order valence-corrected chi connectivity index (χ0v) is 12.0. The number of nitrogens with one attached hydrogen (secondary N) is 1. The average molecular weight is 321 g/mol. The van der Waals surface area contributed by atoms with E-state index in [1.165, 1.54) is 0 Å². The molecule has 0 aliphatic carbocycles. The first-order chi connectivity index (χ1) is 9.69. The molecule has 0 saturated heterocycles. The standard InChI is InChI=1S/C12H12ClF3N4O/c1-7-3-4-8(2)20(7)18-9-5-17-19(6-12(14,15)16)11(21)10(9)13/h3-5,18H,6H2,1-2H3. The largest absolute Gasteiger partial charge is 0.408 e. The van der Waals surface area contributed by atoms with Gasteiger partial charge in [-0.3, -0.25) is 14.9 Å². The second kappa shape index (κ2) is 5.44. The highest BCUT2D eigenvalue weighted by molar-refractivity contribution is 6.32. The van der Waals surface area contributed by atoms with Crippen LogP contribution >= 0.6 is 11.6 Å². The maximum absolute atomic E-state index is 12.3. The summed E-state index contributed by atoms with van der Waals surface area (Å²) >= 11 is 5.83. The number of nitrogens with zero attached hydrogens (tertiary/aromatic N) is 3. The van der Waals surface area contributed by atoms with Gasteiger partial charge >= 0.3 is 6.18 Å². The monoisotopic (exact) mass is 320 g/mol. The number of aromatic nitrogens is 3. The minimum absolute atomic E-state index is 0.141. The van der Waals surface area contributed by atoms with Crippen LogP contribution in [-0.4, -0.2) is 20.6 Å². The molecule has 0 amide bonds. The average Bonchev–Trinajstić information content (AvgIpc) is 2.68. The SMILES string of the molecule is Cc1ccc(C)n1Nc1cnn(CC(F)(F)F)c(=O)c1Cl. The molecule has 0 spiro atoms. The van der Waals surface area contributed by atoms with Crippen molar-refractivity contribution >= 4 is 17.3 Å². The predicted octanol–water partition coefficient (Wildman–Crippen LogP) is 2.75. The van der Waals surface area contributed by atoms with Gasteiger partial charge in [0.15, 0.2) is 0 Å². The first-order valence-corrected chi connectivity index (χ1v) is 6.31. The topological polar surface area (TPSA) is 51.9 Å². The summed E-state index contributed by atoms with van der Waals surface area (Å²) in [5, 5.41) is 3.14. The summed E-state index contributed by atoms with van der Waals surface area (Å²) < 4.78 is 38.8. The Labute approximate surface area is 122 Å². The van der Waals surface area contributed by atoms with E-state index in [0.29, 0.717) is 0 Å². The molecule has 1 N–H and O–H groups in total. The van der Waals surface area contributed by atoms with Crippen molar-refractivity contribution in [1.29, 1.82) is 0 Å². The molecule has 2 aromatic heterocycles. The Hall–Kier alpha value is -1.96. The first-order valence-electron chi connectivity index (χ1n) is 5.93. The van der Waals surface area contributed by atoms with Crippen molar-refractivity contribution in [3.63, 3.8) is 0 Å². The lowest BCUT2D eigenvalue weighted by molar-refractivity contribution is -0.143. The molecule has 0 bridgehead atoms. The zero-order chi connectivity index (χ0) is 15.8. The van der Waals surface area contributed by atoms with Crippen LogP contribution in [0.2, 0.25) is 5.02 Å². The third-order valence-corrected chi connectivity index (χ3v) is 3.18. The van der Waals surface area contributed by atoms with Gasteiger partial charge in [-0.2, -0.15) is 18.3 Å². The van der Waals surface area contributed by atoms with Gasteiger partial charge in [-0.05, 0) is 26.0 Å². The van der Waals surface area contributed by atoms with E-state index in [1.807, 2.05) is 26.0 Å². The van der Waals surface area contributed by atoms with Crippen LogP contribution in [-0.2, 0) is 6.54 Å². The van der Waals surface area contributed by atoms with Gasteiger partial charge < -0.3 is 0 Å². The van der Waals surface area contributed by atoms with Crippen molar-refractivity contribution in [3.8, 4) is 0 Å². The van der Waals surface area contributed by atoms with E-state index in [9.17, 15) is 18.0 Å². The number of alkyl halides is 3. The summed E-state index contributed by atoms with van der Waals surface area (Å²) in [4.78, 5) is 11.8. The molecule has 21 heavy (non-hydrogen) atoms. The fourth-order valence-electron chi connectivity index (χ4n) is 1.79. The Morgan fingerprint density at radius 1 is 1.29 bits per heavy atom. The minimum Gasteiger partial charge on any atom is -0.291 e. The quantitative estimate of drug-likeness (QED) is 0.946. The molecule has 2 rings (SSSR count). The van der Waals surface area contributed by atoms with E-state index >= 15 is 0 Å². The maximum Gasteiger partial charge on any atom is 0.408 e. The molecule has 0 aliphatic heterocycles. The Morgan fingerprint density at radius 2 is 1.86 bits per heavy atom. The molecule has 0 aromatic carbocycles. The number of rotatable bonds is 3. The highest BCUT2D eigenvalue weighted by Crippen LogP contribution is 2.20. The number of anilines is 1. The molecular formula is C12H12ClF3N4O.